The summed E-state index contributed by atoms with van der Waals surface area (Å²) in [6, 6.07) is 5.66. The van der Waals surface area contributed by atoms with Gasteiger partial charge in [-0.3, -0.25) is 9.59 Å². The van der Waals surface area contributed by atoms with Gasteiger partial charge in [0.25, 0.3) is 11.8 Å². The summed E-state index contributed by atoms with van der Waals surface area (Å²) >= 11 is 0. The number of carbonyl (C=O) groups is 2. The Hall–Kier alpha value is -2.65. The van der Waals surface area contributed by atoms with Crippen molar-refractivity contribution in [1.29, 1.82) is 0 Å². The first-order valence-corrected chi connectivity index (χ1v) is 8.18. The minimum absolute atomic E-state index is 0.0685. The van der Waals surface area contributed by atoms with Gasteiger partial charge in [0.15, 0.2) is 5.76 Å². The predicted octanol–water partition coefficient (Wildman–Crippen LogP) is 0.229. The molecule has 2 heterocycles. The summed E-state index contributed by atoms with van der Waals surface area (Å²) in [5.41, 5.74) is 6.56. The zero-order valence-electron chi connectivity index (χ0n) is 11.9. The molecule has 0 fully saturated rings. The minimum atomic E-state index is -3.86. The molecule has 120 valence electrons. The van der Waals surface area contributed by atoms with Gasteiger partial charge in [0.2, 0.25) is 10.0 Å². The van der Waals surface area contributed by atoms with Crippen LogP contribution in [-0.4, -0.2) is 26.8 Å². The number of amides is 2. The van der Waals surface area contributed by atoms with E-state index in [1.165, 1.54) is 23.1 Å². The van der Waals surface area contributed by atoms with Crippen LogP contribution in [0.2, 0.25) is 0 Å². The Balaban J connectivity index is 1.97. The normalized spacial score (nSPS) is 13.9. The number of furan rings is 1. The Kier molecular flexibility index (Phi) is 3.46. The number of fused-ring (bicyclic) bond motifs is 1. The molecule has 1 aromatic carbocycles. The summed E-state index contributed by atoms with van der Waals surface area (Å²) in [6.07, 6.45) is 1.73. The lowest BCUT2D eigenvalue weighted by Crippen LogP contribution is -2.28. The summed E-state index contributed by atoms with van der Waals surface area (Å²) in [7, 11) is -3.86. The van der Waals surface area contributed by atoms with Gasteiger partial charge < -0.3 is 15.1 Å². The highest BCUT2D eigenvalue weighted by Crippen LogP contribution is 2.31. The van der Waals surface area contributed by atoms with Crippen LogP contribution >= 0.6 is 0 Å². The first-order valence-electron chi connectivity index (χ1n) is 6.63. The fourth-order valence-electron chi connectivity index (χ4n) is 2.48. The molecular weight excluding hydrogens is 322 g/mol. The molecule has 0 unspecified atom stereocenters. The highest BCUT2D eigenvalue weighted by atomic mass is 32.2. The molecule has 9 heteroatoms. The Morgan fingerprint density at radius 1 is 1.22 bits per heavy atom. The monoisotopic (exact) mass is 335 g/mol. The van der Waals surface area contributed by atoms with E-state index in [0.29, 0.717) is 18.7 Å². The van der Waals surface area contributed by atoms with Crippen LogP contribution in [0, 0.1) is 0 Å². The van der Waals surface area contributed by atoms with Crippen LogP contribution in [0.4, 0.5) is 5.69 Å². The molecule has 1 aromatic heterocycles. The van der Waals surface area contributed by atoms with Crippen LogP contribution in [0.15, 0.2) is 39.8 Å². The van der Waals surface area contributed by atoms with E-state index in [0.717, 1.165) is 11.8 Å². The van der Waals surface area contributed by atoms with Crippen molar-refractivity contribution in [3.8, 4) is 0 Å². The predicted molar refractivity (Wildman–Crippen MR) is 80.4 cm³/mol. The number of nitrogens with two attached hydrogens (primary N) is 2. The number of nitrogens with zero attached hydrogens (tertiary/aromatic N) is 1. The summed E-state index contributed by atoms with van der Waals surface area (Å²) in [6.45, 7) is 0.388. The Labute approximate surface area is 131 Å². The average molecular weight is 335 g/mol. The first-order chi connectivity index (χ1) is 10.8. The maximum absolute atomic E-state index is 12.5. The largest absolute Gasteiger partial charge is 0.458 e. The fraction of sp³-hybridized carbons (Fsp3) is 0.143. The quantitative estimate of drug-likeness (QED) is 0.827. The molecular formula is C14H13N3O5S. The average Bonchev–Trinajstić information content (AvgIpc) is 3.12. The molecule has 0 spiro atoms. The Morgan fingerprint density at radius 2 is 1.96 bits per heavy atom. The lowest BCUT2D eigenvalue weighted by atomic mass is 10.2. The molecule has 3 rings (SSSR count). The van der Waals surface area contributed by atoms with E-state index in [1.54, 1.807) is 6.07 Å². The molecule has 0 saturated carbocycles. The summed E-state index contributed by atoms with van der Waals surface area (Å²) in [5, 5.41) is 5.12. The number of hydrogen-bond donors (Lipinski definition) is 2. The molecule has 4 N–H and O–H groups in total. The van der Waals surface area contributed by atoms with Crippen LogP contribution in [0.3, 0.4) is 0 Å². The Morgan fingerprint density at radius 3 is 2.57 bits per heavy atom. The molecule has 23 heavy (non-hydrogen) atoms. The minimum Gasteiger partial charge on any atom is -0.458 e. The van der Waals surface area contributed by atoms with E-state index in [1.807, 2.05) is 0 Å². The third-order valence-corrected chi connectivity index (χ3v) is 4.53. The van der Waals surface area contributed by atoms with Crippen LogP contribution < -0.4 is 15.8 Å². The van der Waals surface area contributed by atoms with Gasteiger partial charge in [0, 0.05) is 18.3 Å². The van der Waals surface area contributed by atoms with Crippen molar-refractivity contribution >= 4 is 27.5 Å². The molecule has 1 aliphatic heterocycles. The highest BCUT2D eigenvalue weighted by Gasteiger charge is 2.28. The highest BCUT2D eigenvalue weighted by molar-refractivity contribution is 7.89. The summed E-state index contributed by atoms with van der Waals surface area (Å²) in [5.74, 6) is -1.31. The van der Waals surface area contributed by atoms with Crippen molar-refractivity contribution in [3.05, 3.63) is 47.4 Å². The maximum atomic E-state index is 12.5. The van der Waals surface area contributed by atoms with Gasteiger partial charge in [-0.05, 0) is 24.1 Å². The number of rotatable bonds is 3. The lowest BCUT2D eigenvalue weighted by Gasteiger charge is -2.16. The van der Waals surface area contributed by atoms with Gasteiger partial charge in [-0.2, -0.15) is 0 Å². The van der Waals surface area contributed by atoms with Crippen LogP contribution in [0.1, 0.15) is 26.5 Å². The van der Waals surface area contributed by atoms with Gasteiger partial charge in [0.05, 0.1) is 10.5 Å². The Bertz CT molecular complexity index is 916. The number of hydrogen-bond acceptors (Lipinski definition) is 5. The van der Waals surface area contributed by atoms with Crippen LogP contribution in [-0.2, 0) is 16.4 Å². The summed E-state index contributed by atoms with van der Waals surface area (Å²) < 4.78 is 27.9. The van der Waals surface area contributed by atoms with E-state index < -0.39 is 21.8 Å². The standard InChI is InChI=1S/C14H13N3O5S/c15-13(18)12-5-9(7-22-12)14(19)17-4-3-8-1-2-10(6-11(8)17)23(16,20)21/h1-2,5-7H,3-4H2,(H2,15,18)(H2,16,20,21). The third kappa shape index (κ3) is 2.71. The maximum Gasteiger partial charge on any atom is 0.284 e. The van der Waals surface area contributed by atoms with Crippen molar-refractivity contribution in [1.82, 2.24) is 0 Å². The lowest BCUT2D eigenvalue weighted by molar-refractivity contribution is 0.0970. The van der Waals surface area contributed by atoms with Crippen LogP contribution in [0.5, 0.6) is 0 Å². The molecule has 1 aliphatic rings. The van der Waals surface area contributed by atoms with E-state index in [4.69, 9.17) is 15.3 Å². The van der Waals surface area contributed by atoms with Crippen molar-refractivity contribution in [2.24, 2.45) is 10.9 Å². The van der Waals surface area contributed by atoms with Crippen molar-refractivity contribution in [3.63, 3.8) is 0 Å². The molecule has 0 bridgehead atoms. The van der Waals surface area contributed by atoms with Crippen molar-refractivity contribution in [2.45, 2.75) is 11.3 Å². The SMILES string of the molecule is NC(=O)c1cc(C(=O)N2CCc3ccc(S(N)(=O)=O)cc32)co1. The fourth-order valence-corrected chi connectivity index (χ4v) is 3.01. The molecule has 2 aromatic rings. The van der Waals surface area contributed by atoms with E-state index >= 15 is 0 Å². The second-order valence-corrected chi connectivity index (χ2v) is 6.67. The van der Waals surface area contributed by atoms with Gasteiger partial charge in [-0.25, -0.2) is 13.6 Å². The number of anilines is 1. The zero-order chi connectivity index (χ0) is 16.8. The molecule has 0 atom stereocenters. The first kappa shape index (κ1) is 15.3. The molecule has 0 radical (unpaired) electrons. The second-order valence-electron chi connectivity index (χ2n) is 5.11. The van der Waals surface area contributed by atoms with E-state index in [2.05, 4.69) is 0 Å². The molecule has 8 nitrogen and oxygen atoms in total. The van der Waals surface area contributed by atoms with Crippen LogP contribution in [0.25, 0.3) is 0 Å². The van der Waals surface area contributed by atoms with Gasteiger partial charge in [-0.1, -0.05) is 6.07 Å². The number of sulfonamides is 1. The van der Waals surface area contributed by atoms with Gasteiger partial charge >= 0.3 is 0 Å². The number of primary amides is 1. The van der Waals surface area contributed by atoms with Gasteiger partial charge in [-0.15, -0.1) is 0 Å². The van der Waals surface area contributed by atoms with E-state index in [9.17, 15) is 18.0 Å². The third-order valence-electron chi connectivity index (χ3n) is 3.62. The molecule has 2 amide bonds. The number of primary sulfonamides is 1. The number of carbonyl (C=O) groups excluding carboxylic acids is 2. The smallest absolute Gasteiger partial charge is 0.284 e. The zero-order valence-corrected chi connectivity index (χ0v) is 12.7. The van der Waals surface area contributed by atoms with Crippen molar-refractivity contribution in [2.75, 3.05) is 11.4 Å². The number of benzene rings is 1. The second kappa shape index (κ2) is 5.21. The summed E-state index contributed by atoms with van der Waals surface area (Å²) in [4.78, 5) is 24.9. The van der Waals surface area contributed by atoms with Crippen molar-refractivity contribution < 1.29 is 22.4 Å². The molecule has 0 saturated heterocycles. The van der Waals surface area contributed by atoms with E-state index in [-0.39, 0.29) is 16.2 Å². The topological polar surface area (TPSA) is 137 Å². The van der Waals surface area contributed by atoms with Gasteiger partial charge in [0.1, 0.15) is 6.26 Å². The molecule has 0 aliphatic carbocycles.